The summed E-state index contributed by atoms with van der Waals surface area (Å²) in [7, 11) is 1.30. The summed E-state index contributed by atoms with van der Waals surface area (Å²) in [6.45, 7) is 2.19. The van der Waals surface area contributed by atoms with Gasteiger partial charge >= 0.3 is 5.72 Å². The first kappa shape index (κ1) is 10.9. The molecule has 5 nitrogen and oxygen atoms in total. The predicted octanol–water partition coefficient (Wildman–Crippen LogP) is 1.14. The van der Waals surface area contributed by atoms with Crippen LogP contribution in [0.25, 0.3) is 0 Å². The lowest BCUT2D eigenvalue weighted by Gasteiger charge is -2.28. The number of rotatable bonds is 4. The number of nitrogens with zero attached hydrogens (tertiary/aromatic N) is 1. The first-order valence-corrected chi connectivity index (χ1v) is 4.34. The van der Waals surface area contributed by atoms with Crippen molar-refractivity contribution in [3.8, 4) is 0 Å². The van der Waals surface area contributed by atoms with Crippen molar-refractivity contribution in [3.63, 3.8) is 0 Å². The summed E-state index contributed by atoms with van der Waals surface area (Å²) in [5.74, 6) is 0. The van der Waals surface area contributed by atoms with Gasteiger partial charge in [-0.05, 0) is 13.0 Å². The molecule has 0 aromatic carbocycles. The highest BCUT2D eigenvalue weighted by atomic mass is 16.7. The molecule has 0 saturated carbocycles. The number of ether oxygens (including phenoxy) is 2. The van der Waals surface area contributed by atoms with Gasteiger partial charge in [0.2, 0.25) is 0 Å². The summed E-state index contributed by atoms with van der Waals surface area (Å²) < 4.78 is 10.2. The largest absolute Gasteiger partial charge is 0.374 e. The van der Waals surface area contributed by atoms with Gasteiger partial charge < -0.3 is 9.47 Å². The minimum Gasteiger partial charge on any atom is -0.364 e. The van der Waals surface area contributed by atoms with Crippen LogP contribution in [0.15, 0.2) is 24.3 Å². The molecule has 1 rings (SSSR count). The Morgan fingerprint density at radius 2 is 2.29 bits per heavy atom. The molecule has 0 fully saturated rings. The minimum absolute atomic E-state index is 0.405. The Balaban J connectivity index is 2.96. The molecule has 0 bridgehead atoms. The number of nitro groups is 1. The second-order valence-corrected chi connectivity index (χ2v) is 2.83. The van der Waals surface area contributed by atoms with E-state index < -0.39 is 16.8 Å². The molecule has 0 spiro atoms. The molecule has 0 radical (unpaired) electrons. The second-order valence-electron chi connectivity index (χ2n) is 2.83. The molecule has 2 unspecified atom stereocenters. The van der Waals surface area contributed by atoms with Gasteiger partial charge in [-0.15, -0.1) is 0 Å². The Morgan fingerprint density at radius 1 is 1.57 bits per heavy atom. The fraction of sp³-hybridized carbons (Fsp3) is 0.556. The quantitative estimate of drug-likeness (QED) is 0.387. The molecule has 78 valence electrons. The smallest absolute Gasteiger partial charge is 0.364 e. The van der Waals surface area contributed by atoms with Gasteiger partial charge in [-0.25, -0.2) is 0 Å². The zero-order valence-corrected chi connectivity index (χ0v) is 8.17. The lowest BCUT2D eigenvalue weighted by Crippen LogP contribution is -2.50. The molecule has 0 aliphatic heterocycles. The van der Waals surface area contributed by atoms with Gasteiger partial charge in [-0.1, -0.05) is 12.2 Å². The summed E-state index contributed by atoms with van der Waals surface area (Å²) in [6, 6.07) is 0. The first-order chi connectivity index (χ1) is 6.67. The van der Waals surface area contributed by atoms with Gasteiger partial charge in [0.05, 0.1) is 4.92 Å². The third kappa shape index (κ3) is 1.69. The number of methoxy groups -OCH3 is 1. The molecular weight excluding hydrogens is 186 g/mol. The van der Waals surface area contributed by atoms with Gasteiger partial charge in [0.15, 0.2) is 6.10 Å². The van der Waals surface area contributed by atoms with E-state index in [1.54, 1.807) is 25.2 Å². The number of hydrogen-bond donors (Lipinski definition) is 0. The molecule has 14 heavy (non-hydrogen) atoms. The first-order valence-electron chi connectivity index (χ1n) is 4.34. The van der Waals surface area contributed by atoms with Crippen LogP contribution in [0.2, 0.25) is 0 Å². The summed E-state index contributed by atoms with van der Waals surface area (Å²) in [5.41, 5.74) is -1.58. The molecule has 0 N–H and O–H groups in total. The Labute approximate surface area is 82.2 Å². The van der Waals surface area contributed by atoms with E-state index in [0.29, 0.717) is 6.61 Å². The lowest BCUT2D eigenvalue weighted by molar-refractivity contribution is -0.621. The highest BCUT2D eigenvalue weighted by Crippen LogP contribution is 2.25. The monoisotopic (exact) mass is 199 g/mol. The zero-order chi connectivity index (χ0) is 10.6. The topological polar surface area (TPSA) is 61.6 Å². The van der Waals surface area contributed by atoms with Crippen LogP contribution in [0.5, 0.6) is 0 Å². The van der Waals surface area contributed by atoms with Crippen LogP contribution in [0.4, 0.5) is 0 Å². The van der Waals surface area contributed by atoms with Crippen molar-refractivity contribution in [1.82, 2.24) is 0 Å². The van der Waals surface area contributed by atoms with Crippen LogP contribution < -0.4 is 0 Å². The second kappa shape index (κ2) is 4.34. The average Bonchev–Trinajstić information content (AvgIpc) is 2.19. The Kier molecular flexibility index (Phi) is 3.38. The van der Waals surface area contributed by atoms with Crippen LogP contribution in [0, 0.1) is 10.1 Å². The third-order valence-corrected chi connectivity index (χ3v) is 2.10. The third-order valence-electron chi connectivity index (χ3n) is 2.10. The average molecular weight is 199 g/mol. The fourth-order valence-electron chi connectivity index (χ4n) is 1.37. The Morgan fingerprint density at radius 3 is 2.79 bits per heavy atom. The fourth-order valence-corrected chi connectivity index (χ4v) is 1.37. The van der Waals surface area contributed by atoms with Crippen LogP contribution in [-0.2, 0) is 9.47 Å². The van der Waals surface area contributed by atoms with Gasteiger partial charge in [0.25, 0.3) is 0 Å². The molecule has 0 amide bonds. The van der Waals surface area contributed by atoms with E-state index in [2.05, 4.69) is 0 Å². The van der Waals surface area contributed by atoms with Crippen molar-refractivity contribution < 1.29 is 14.4 Å². The zero-order valence-electron chi connectivity index (χ0n) is 8.17. The Bertz CT molecular complexity index is 274. The SMILES string of the molecule is CCOC1C=CC=CC1(OC)[N+](=O)[O-]. The van der Waals surface area contributed by atoms with Crippen molar-refractivity contribution in [3.05, 3.63) is 34.4 Å². The molecule has 5 heteroatoms. The molecular formula is C9H13NO4. The molecule has 0 aromatic heterocycles. The molecule has 0 saturated heterocycles. The van der Waals surface area contributed by atoms with Gasteiger partial charge in [-0.3, -0.25) is 10.1 Å². The van der Waals surface area contributed by atoms with Crippen LogP contribution in [0.1, 0.15) is 6.92 Å². The van der Waals surface area contributed by atoms with E-state index in [0.717, 1.165) is 0 Å². The Hall–Kier alpha value is -1.20. The molecule has 0 heterocycles. The standard InChI is InChI=1S/C9H13NO4/c1-3-14-8-6-4-5-7-9(8,13-2)10(11)12/h4-8H,3H2,1-2H3. The van der Waals surface area contributed by atoms with E-state index in [1.807, 2.05) is 0 Å². The van der Waals surface area contributed by atoms with E-state index in [1.165, 1.54) is 13.2 Å². The van der Waals surface area contributed by atoms with E-state index in [4.69, 9.17) is 9.47 Å². The van der Waals surface area contributed by atoms with Crippen molar-refractivity contribution in [2.45, 2.75) is 18.8 Å². The van der Waals surface area contributed by atoms with Crippen LogP contribution in [0.3, 0.4) is 0 Å². The molecule has 1 aliphatic carbocycles. The van der Waals surface area contributed by atoms with Crippen LogP contribution in [-0.4, -0.2) is 30.5 Å². The summed E-state index contributed by atoms with van der Waals surface area (Å²) >= 11 is 0. The maximum atomic E-state index is 10.9. The van der Waals surface area contributed by atoms with Crippen molar-refractivity contribution >= 4 is 0 Å². The number of hydrogen-bond acceptors (Lipinski definition) is 4. The highest BCUT2D eigenvalue weighted by Gasteiger charge is 2.49. The molecule has 2 atom stereocenters. The van der Waals surface area contributed by atoms with Crippen molar-refractivity contribution in [1.29, 1.82) is 0 Å². The minimum atomic E-state index is -1.58. The summed E-state index contributed by atoms with van der Waals surface area (Å²) in [4.78, 5) is 10.4. The highest BCUT2D eigenvalue weighted by molar-refractivity contribution is 5.20. The predicted molar refractivity (Wildman–Crippen MR) is 50.4 cm³/mol. The number of allylic oxidation sites excluding steroid dienone is 2. The summed E-state index contributed by atoms with van der Waals surface area (Å²) in [6.07, 6.45) is 5.64. The van der Waals surface area contributed by atoms with E-state index >= 15 is 0 Å². The normalized spacial score (nSPS) is 30.6. The molecule has 0 aromatic rings. The summed E-state index contributed by atoms with van der Waals surface area (Å²) in [5, 5.41) is 10.9. The van der Waals surface area contributed by atoms with Gasteiger partial charge in [-0.2, -0.15) is 0 Å². The van der Waals surface area contributed by atoms with E-state index in [9.17, 15) is 10.1 Å². The van der Waals surface area contributed by atoms with E-state index in [-0.39, 0.29) is 0 Å². The van der Waals surface area contributed by atoms with Crippen molar-refractivity contribution in [2.75, 3.05) is 13.7 Å². The maximum absolute atomic E-state index is 10.9. The van der Waals surface area contributed by atoms with Gasteiger partial charge in [0.1, 0.15) is 0 Å². The maximum Gasteiger partial charge on any atom is 0.374 e. The molecule has 1 aliphatic rings. The van der Waals surface area contributed by atoms with Crippen LogP contribution >= 0.6 is 0 Å². The van der Waals surface area contributed by atoms with Gasteiger partial charge in [0, 0.05) is 19.8 Å². The lowest BCUT2D eigenvalue weighted by atomic mass is 10.0. The van der Waals surface area contributed by atoms with Crippen molar-refractivity contribution in [2.24, 2.45) is 0 Å².